The van der Waals surface area contributed by atoms with Crippen molar-refractivity contribution < 1.29 is 4.74 Å². The molecular weight excluding hydrogens is 184 g/mol. The predicted molar refractivity (Wildman–Crippen MR) is 65.4 cm³/mol. The van der Waals surface area contributed by atoms with Crippen molar-refractivity contribution in [1.29, 1.82) is 0 Å². The molecule has 0 bridgehead atoms. The number of hydrogen-bond donors (Lipinski definition) is 0. The van der Waals surface area contributed by atoms with E-state index in [2.05, 4.69) is 33.4 Å². The quantitative estimate of drug-likeness (QED) is 0.678. The summed E-state index contributed by atoms with van der Waals surface area (Å²) in [6.45, 7) is 12.3. The van der Waals surface area contributed by atoms with E-state index >= 15 is 0 Å². The second kappa shape index (κ2) is 4.52. The van der Waals surface area contributed by atoms with Gasteiger partial charge in [-0.25, -0.2) is 0 Å². The van der Waals surface area contributed by atoms with E-state index in [0.717, 1.165) is 5.75 Å². The van der Waals surface area contributed by atoms with Crippen LogP contribution in [-0.2, 0) is 5.41 Å². The first kappa shape index (κ1) is 11.8. The maximum atomic E-state index is 5.80. The first-order valence-electron chi connectivity index (χ1n) is 5.34. The van der Waals surface area contributed by atoms with E-state index in [-0.39, 0.29) is 11.5 Å². The molecule has 0 aromatic heterocycles. The molecule has 15 heavy (non-hydrogen) atoms. The Hall–Kier alpha value is -1.24. The molecule has 1 nitrogen and oxygen atoms in total. The molecule has 0 N–H and O–H groups in total. The van der Waals surface area contributed by atoms with Crippen LogP contribution in [0.1, 0.15) is 33.3 Å². The zero-order valence-electron chi connectivity index (χ0n) is 10.1. The van der Waals surface area contributed by atoms with Crippen LogP contribution in [0.2, 0.25) is 0 Å². The van der Waals surface area contributed by atoms with Gasteiger partial charge >= 0.3 is 0 Å². The second-order valence-corrected chi connectivity index (χ2v) is 4.80. The van der Waals surface area contributed by atoms with Gasteiger partial charge < -0.3 is 4.74 Å². The molecule has 1 aromatic carbocycles. The van der Waals surface area contributed by atoms with E-state index < -0.39 is 0 Å². The van der Waals surface area contributed by atoms with Crippen molar-refractivity contribution in [3.63, 3.8) is 0 Å². The highest BCUT2D eigenvalue weighted by molar-refractivity contribution is 5.38. The van der Waals surface area contributed by atoms with Crippen molar-refractivity contribution in [3.8, 4) is 5.75 Å². The summed E-state index contributed by atoms with van der Waals surface area (Å²) < 4.78 is 5.80. The van der Waals surface area contributed by atoms with Crippen molar-refractivity contribution in [2.24, 2.45) is 0 Å². The fraction of sp³-hybridized carbons (Fsp3) is 0.429. The van der Waals surface area contributed by atoms with Gasteiger partial charge in [-0.3, -0.25) is 0 Å². The minimum absolute atomic E-state index is 0.0495. The van der Waals surface area contributed by atoms with Crippen molar-refractivity contribution in [1.82, 2.24) is 0 Å². The third-order valence-electron chi connectivity index (χ3n) is 2.34. The lowest BCUT2D eigenvalue weighted by atomic mass is 9.86. The van der Waals surface area contributed by atoms with Crippen molar-refractivity contribution in [2.45, 2.75) is 39.2 Å². The third-order valence-corrected chi connectivity index (χ3v) is 2.34. The SMILES string of the molecule is C=CC(C)Oc1ccccc1C(C)(C)C. The topological polar surface area (TPSA) is 9.23 Å². The van der Waals surface area contributed by atoms with Crippen LogP contribution in [-0.4, -0.2) is 6.10 Å². The molecule has 0 spiro atoms. The Bertz CT molecular complexity index is 333. The molecule has 0 aliphatic heterocycles. The average molecular weight is 204 g/mol. The molecular formula is C14H20O. The molecule has 1 rings (SSSR count). The first-order chi connectivity index (χ1) is 6.95. The van der Waals surface area contributed by atoms with Gasteiger partial charge in [-0.05, 0) is 24.0 Å². The highest BCUT2D eigenvalue weighted by Crippen LogP contribution is 2.31. The molecule has 82 valence electrons. The predicted octanol–water partition coefficient (Wildman–Crippen LogP) is 3.94. The zero-order chi connectivity index (χ0) is 11.5. The van der Waals surface area contributed by atoms with Crippen LogP contribution < -0.4 is 4.74 Å². The smallest absolute Gasteiger partial charge is 0.123 e. The molecule has 0 saturated heterocycles. The molecule has 1 unspecified atom stereocenters. The van der Waals surface area contributed by atoms with Crippen LogP contribution in [0.5, 0.6) is 5.75 Å². The molecule has 1 heteroatoms. The van der Waals surface area contributed by atoms with Gasteiger partial charge in [0.05, 0.1) is 0 Å². The van der Waals surface area contributed by atoms with Gasteiger partial charge in [-0.2, -0.15) is 0 Å². The lowest BCUT2D eigenvalue weighted by molar-refractivity contribution is 0.263. The van der Waals surface area contributed by atoms with Crippen LogP contribution in [0.15, 0.2) is 36.9 Å². The van der Waals surface area contributed by atoms with Gasteiger partial charge in [0.25, 0.3) is 0 Å². The third kappa shape index (κ3) is 3.12. The number of hydrogen-bond acceptors (Lipinski definition) is 1. The molecule has 0 amide bonds. The molecule has 1 aromatic rings. The number of rotatable bonds is 3. The van der Waals surface area contributed by atoms with E-state index in [0.29, 0.717) is 0 Å². The van der Waals surface area contributed by atoms with Crippen LogP contribution in [0.4, 0.5) is 0 Å². The minimum atomic E-state index is 0.0495. The van der Waals surface area contributed by atoms with E-state index in [1.165, 1.54) is 5.56 Å². The highest BCUT2D eigenvalue weighted by atomic mass is 16.5. The minimum Gasteiger partial charge on any atom is -0.486 e. The summed E-state index contributed by atoms with van der Waals surface area (Å²) in [6, 6.07) is 8.18. The summed E-state index contributed by atoms with van der Waals surface area (Å²) >= 11 is 0. The van der Waals surface area contributed by atoms with Gasteiger partial charge in [0.1, 0.15) is 11.9 Å². The van der Waals surface area contributed by atoms with Crippen LogP contribution in [0.3, 0.4) is 0 Å². The molecule has 0 aliphatic rings. The molecule has 0 aliphatic carbocycles. The van der Waals surface area contributed by atoms with E-state index in [1.54, 1.807) is 6.08 Å². The van der Waals surface area contributed by atoms with E-state index in [4.69, 9.17) is 4.74 Å². The van der Waals surface area contributed by atoms with Gasteiger partial charge in [0.2, 0.25) is 0 Å². The van der Waals surface area contributed by atoms with Gasteiger partial charge in [-0.1, -0.05) is 51.6 Å². The largest absolute Gasteiger partial charge is 0.486 e. The molecule has 0 fully saturated rings. The summed E-state index contributed by atoms with van der Waals surface area (Å²) in [5, 5.41) is 0. The summed E-state index contributed by atoms with van der Waals surface area (Å²) in [7, 11) is 0. The summed E-state index contributed by atoms with van der Waals surface area (Å²) in [5.74, 6) is 0.956. The monoisotopic (exact) mass is 204 g/mol. The number of para-hydroxylation sites is 1. The summed E-state index contributed by atoms with van der Waals surface area (Å²) in [6.07, 6.45) is 1.85. The van der Waals surface area contributed by atoms with Crippen molar-refractivity contribution in [2.75, 3.05) is 0 Å². The Labute approximate surface area is 92.8 Å². The maximum absolute atomic E-state index is 5.80. The van der Waals surface area contributed by atoms with Crippen molar-refractivity contribution in [3.05, 3.63) is 42.5 Å². The standard InChI is InChI=1S/C14H20O/c1-6-11(2)15-13-10-8-7-9-12(13)14(3,4)5/h6-11H,1H2,2-5H3. The second-order valence-electron chi connectivity index (χ2n) is 4.80. The fourth-order valence-corrected chi connectivity index (χ4v) is 1.44. The first-order valence-corrected chi connectivity index (χ1v) is 5.34. The number of benzene rings is 1. The van der Waals surface area contributed by atoms with Gasteiger partial charge in [0, 0.05) is 0 Å². The van der Waals surface area contributed by atoms with Crippen LogP contribution in [0, 0.1) is 0 Å². The molecule has 1 atom stereocenters. The summed E-state index contributed by atoms with van der Waals surface area (Å²) in [5.41, 5.74) is 1.34. The average Bonchev–Trinajstić information content (AvgIpc) is 2.17. The van der Waals surface area contributed by atoms with E-state index in [1.807, 2.05) is 25.1 Å². The number of ether oxygens (including phenoxy) is 1. The molecule has 0 radical (unpaired) electrons. The fourth-order valence-electron chi connectivity index (χ4n) is 1.44. The lowest BCUT2D eigenvalue weighted by Gasteiger charge is -2.23. The van der Waals surface area contributed by atoms with Crippen LogP contribution in [0.25, 0.3) is 0 Å². The Morgan fingerprint density at radius 2 is 1.87 bits per heavy atom. The van der Waals surface area contributed by atoms with E-state index in [9.17, 15) is 0 Å². The Morgan fingerprint density at radius 1 is 1.27 bits per heavy atom. The van der Waals surface area contributed by atoms with Crippen LogP contribution >= 0.6 is 0 Å². The molecule has 0 saturated carbocycles. The molecule has 0 heterocycles. The van der Waals surface area contributed by atoms with Gasteiger partial charge in [-0.15, -0.1) is 0 Å². The zero-order valence-corrected chi connectivity index (χ0v) is 10.1. The Balaban J connectivity index is 3.02. The van der Waals surface area contributed by atoms with Crippen molar-refractivity contribution >= 4 is 0 Å². The normalized spacial score (nSPS) is 13.3. The Morgan fingerprint density at radius 3 is 2.40 bits per heavy atom. The van der Waals surface area contributed by atoms with Gasteiger partial charge in [0.15, 0.2) is 0 Å². The lowest BCUT2D eigenvalue weighted by Crippen LogP contribution is -2.16. The maximum Gasteiger partial charge on any atom is 0.123 e. The highest BCUT2D eigenvalue weighted by Gasteiger charge is 2.18. The summed E-state index contributed by atoms with van der Waals surface area (Å²) in [4.78, 5) is 0. The Kier molecular flexibility index (Phi) is 3.57.